The molecule has 0 fully saturated rings. The van der Waals surface area contributed by atoms with Gasteiger partial charge in [0, 0.05) is 5.02 Å². The van der Waals surface area contributed by atoms with Crippen molar-refractivity contribution in [3.8, 4) is 0 Å². The van der Waals surface area contributed by atoms with Crippen LogP contribution in [-0.4, -0.2) is 0 Å². The molecule has 0 spiro atoms. The molecule has 0 saturated heterocycles. The highest BCUT2D eigenvalue weighted by atomic mass is 35.5. The van der Waals surface area contributed by atoms with E-state index >= 15 is 0 Å². The second kappa shape index (κ2) is 5.77. The first-order chi connectivity index (χ1) is 8.58. The van der Waals surface area contributed by atoms with Crippen molar-refractivity contribution in [2.24, 2.45) is 0 Å². The zero-order valence-electron chi connectivity index (χ0n) is 10.6. The lowest BCUT2D eigenvalue weighted by Gasteiger charge is -2.14. The first-order valence-corrected chi connectivity index (χ1v) is 6.84. The van der Waals surface area contributed by atoms with Crippen LogP contribution < -0.4 is 0 Å². The molecule has 1 unspecified atom stereocenters. The molecule has 0 radical (unpaired) electrons. The van der Waals surface area contributed by atoms with Gasteiger partial charge in [0.1, 0.15) is 0 Å². The highest BCUT2D eigenvalue weighted by Gasteiger charge is 2.13. The fourth-order valence-corrected chi connectivity index (χ4v) is 2.70. The Morgan fingerprint density at radius 3 is 2.33 bits per heavy atom. The van der Waals surface area contributed by atoms with Crippen molar-refractivity contribution in [1.82, 2.24) is 0 Å². The van der Waals surface area contributed by atoms with Gasteiger partial charge < -0.3 is 0 Å². The highest BCUT2D eigenvalue weighted by Crippen LogP contribution is 2.31. The maximum atomic E-state index is 6.53. The molecule has 2 aromatic carbocycles. The van der Waals surface area contributed by atoms with Gasteiger partial charge in [0.25, 0.3) is 0 Å². The minimum Gasteiger partial charge on any atom is -0.117 e. The monoisotopic (exact) mass is 278 g/mol. The van der Waals surface area contributed by atoms with Gasteiger partial charge in [-0.15, -0.1) is 11.6 Å². The van der Waals surface area contributed by atoms with Gasteiger partial charge in [0.2, 0.25) is 0 Å². The molecule has 0 aromatic heterocycles. The van der Waals surface area contributed by atoms with Crippen LogP contribution in [-0.2, 0) is 6.42 Å². The molecule has 2 rings (SSSR count). The number of halogens is 2. The van der Waals surface area contributed by atoms with Crippen LogP contribution >= 0.6 is 23.2 Å². The van der Waals surface area contributed by atoms with E-state index in [1.54, 1.807) is 0 Å². The smallest absolute Gasteiger partial charge is 0.0628 e. The largest absolute Gasteiger partial charge is 0.117 e. The first-order valence-electron chi connectivity index (χ1n) is 6.02. The Labute approximate surface area is 119 Å². The average molecular weight is 279 g/mol. The van der Waals surface area contributed by atoms with Gasteiger partial charge >= 0.3 is 0 Å². The summed E-state index contributed by atoms with van der Waals surface area (Å²) < 4.78 is 0. The average Bonchev–Trinajstić information content (AvgIpc) is 2.35. The van der Waals surface area contributed by atoms with Crippen molar-refractivity contribution in [2.45, 2.75) is 25.6 Å². The van der Waals surface area contributed by atoms with E-state index in [9.17, 15) is 0 Å². The van der Waals surface area contributed by atoms with Crippen molar-refractivity contribution >= 4 is 23.2 Å². The van der Waals surface area contributed by atoms with Crippen LogP contribution in [0, 0.1) is 13.8 Å². The summed E-state index contributed by atoms with van der Waals surface area (Å²) in [5.74, 6) is 0. The summed E-state index contributed by atoms with van der Waals surface area (Å²) in [6, 6.07) is 14.4. The van der Waals surface area contributed by atoms with E-state index in [-0.39, 0.29) is 5.38 Å². The van der Waals surface area contributed by atoms with E-state index < -0.39 is 0 Å². The Morgan fingerprint density at radius 1 is 1.00 bits per heavy atom. The van der Waals surface area contributed by atoms with E-state index in [2.05, 4.69) is 25.1 Å². The van der Waals surface area contributed by atoms with E-state index in [1.165, 1.54) is 11.1 Å². The molecule has 0 saturated carbocycles. The molecule has 2 heteroatoms. The maximum absolute atomic E-state index is 6.53. The Bertz CT molecular complexity index is 532. The van der Waals surface area contributed by atoms with Gasteiger partial charge in [0.05, 0.1) is 5.38 Å². The minimum absolute atomic E-state index is 0.0108. The molecule has 2 aromatic rings. The lowest BCUT2D eigenvalue weighted by molar-refractivity contribution is 0.908. The lowest BCUT2D eigenvalue weighted by Crippen LogP contribution is -1.99. The molecule has 0 aliphatic rings. The number of rotatable bonds is 3. The normalized spacial score (nSPS) is 12.4. The molecule has 18 heavy (non-hydrogen) atoms. The van der Waals surface area contributed by atoms with Crippen LogP contribution in [0.4, 0.5) is 0 Å². The van der Waals surface area contributed by atoms with Crippen molar-refractivity contribution in [3.05, 3.63) is 69.7 Å². The van der Waals surface area contributed by atoms with Crippen molar-refractivity contribution < 1.29 is 0 Å². The zero-order valence-corrected chi connectivity index (χ0v) is 12.1. The summed E-state index contributed by atoms with van der Waals surface area (Å²) in [6.07, 6.45) is 0.838. The molecular weight excluding hydrogens is 263 g/mol. The van der Waals surface area contributed by atoms with Crippen molar-refractivity contribution in [2.75, 3.05) is 0 Å². The van der Waals surface area contributed by atoms with Crippen LogP contribution in [0.25, 0.3) is 0 Å². The molecule has 0 aliphatic heterocycles. The zero-order chi connectivity index (χ0) is 13.1. The predicted molar refractivity (Wildman–Crippen MR) is 79.7 cm³/mol. The summed E-state index contributed by atoms with van der Waals surface area (Å²) in [5.41, 5.74) is 4.66. The Morgan fingerprint density at radius 2 is 1.67 bits per heavy atom. The predicted octanol–water partition coefficient (Wildman–Crippen LogP) is 5.48. The van der Waals surface area contributed by atoms with Gasteiger partial charge in [-0.3, -0.25) is 0 Å². The summed E-state index contributed by atoms with van der Waals surface area (Å²) in [4.78, 5) is 0. The summed E-state index contributed by atoms with van der Waals surface area (Å²) in [5, 5.41) is 0.795. The van der Waals surface area contributed by atoms with Gasteiger partial charge in [0.15, 0.2) is 0 Å². The maximum Gasteiger partial charge on any atom is 0.0628 e. The van der Waals surface area contributed by atoms with E-state index in [4.69, 9.17) is 23.2 Å². The Balaban J connectivity index is 2.24. The van der Waals surface area contributed by atoms with Gasteiger partial charge in [-0.25, -0.2) is 0 Å². The Hall–Kier alpha value is -0.980. The molecule has 0 N–H and O–H groups in total. The van der Waals surface area contributed by atoms with Gasteiger partial charge in [-0.2, -0.15) is 0 Å². The molecule has 0 bridgehead atoms. The number of hydrogen-bond donors (Lipinski definition) is 0. The molecule has 0 nitrogen and oxygen atoms in total. The molecular formula is C16H16Cl2. The van der Waals surface area contributed by atoms with E-state index in [1.807, 2.05) is 31.2 Å². The Kier molecular flexibility index (Phi) is 4.31. The summed E-state index contributed by atoms with van der Waals surface area (Å²) >= 11 is 12.6. The molecule has 0 heterocycles. The van der Waals surface area contributed by atoms with Crippen LogP contribution in [0.3, 0.4) is 0 Å². The van der Waals surface area contributed by atoms with E-state index in [0.717, 1.165) is 22.6 Å². The van der Waals surface area contributed by atoms with Crippen molar-refractivity contribution in [1.29, 1.82) is 0 Å². The highest BCUT2D eigenvalue weighted by molar-refractivity contribution is 6.31. The molecule has 0 amide bonds. The van der Waals surface area contributed by atoms with Crippen LogP contribution in [0.1, 0.15) is 27.6 Å². The minimum atomic E-state index is -0.0108. The molecule has 0 aliphatic carbocycles. The lowest BCUT2D eigenvalue weighted by atomic mass is 9.98. The van der Waals surface area contributed by atoms with Gasteiger partial charge in [-0.1, -0.05) is 48.0 Å². The summed E-state index contributed by atoms with van der Waals surface area (Å²) in [7, 11) is 0. The fraction of sp³-hybridized carbons (Fsp3) is 0.250. The third kappa shape index (κ3) is 3.07. The topological polar surface area (TPSA) is 0 Å². The number of aryl methyl sites for hydroxylation is 2. The van der Waals surface area contributed by atoms with E-state index in [0.29, 0.717) is 0 Å². The fourth-order valence-electron chi connectivity index (χ4n) is 2.07. The molecule has 1 atom stereocenters. The van der Waals surface area contributed by atoms with Crippen LogP contribution in [0.5, 0.6) is 0 Å². The number of alkyl halides is 1. The third-order valence-electron chi connectivity index (χ3n) is 3.14. The quantitative estimate of drug-likeness (QED) is 0.653. The standard InChI is InChI=1S/C16H16Cl2/c1-11-9-15(17)12(2)8-14(11)16(18)10-13-6-4-3-5-7-13/h3-9,16H,10H2,1-2H3. The van der Waals surface area contributed by atoms with Crippen molar-refractivity contribution in [3.63, 3.8) is 0 Å². The van der Waals surface area contributed by atoms with Crippen LogP contribution in [0.2, 0.25) is 5.02 Å². The summed E-state index contributed by atoms with van der Waals surface area (Å²) in [6.45, 7) is 4.07. The molecule has 94 valence electrons. The number of benzene rings is 2. The van der Waals surface area contributed by atoms with Gasteiger partial charge in [-0.05, 0) is 48.6 Å². The second-order valence-electron chi connectivity index (χ2n) is 4.62. The first kappa shape index (κ1) is 13.5. The van der Waals surface area contributed by atoms with Crippen LogP contribution in [0.15, 0.2) is 42.5 Å². The SMILES string of the molecule is Cc1cc(C(Cl)Cc2ccccc2)c(C)cc1Cl. The second-order valence-corrected chi connectivity index (χ2v) is 5.55. The third-order valence-corrected chi connectivity index (χ3v) is 3.94. The number of hydrogen-bond acceptors (Lipinski definition) is 0.